The number of hydrogen-bond acceptors (Lipinski definition) is 4. The number of rotatable bonds is 6. The van der Waals surface area contributed by atoms with Crippen molar-refractivity contribution >= 4 is 34.9 Å². The van der Waals surface area contributed by atoms with Crippen LogP contribution in [0.5, 0.6) is 5.75 Å². The van der Waals surface area contributed by atoms with Gasteiger partial charge in [-0.15, -0.1) is 11.8 Å². The van der Waals surface area contributed by atoms with E-state index in [0.717, 1.165) is 29.3 Å². The van der Waals surface area contributed by atoms with Crippen molar-refractivity contribution in [3.8, 4) is 5.75 Å². The molecule has 0 saturated heterocycles. The zero-order valence-corrected chi connectivity index (χ0v) is 18.1. The molecule has 3 rings (SSSR count). The van der Waals surface area contributed by atoms with Crippen LogP contribution in [0.4, 0.5) is 28.9 Å². The molecule has 2 aromatic rings. The molecule has 8 heteroatoms. The van der Waals surface area contributed by atoms with E-state index in [1.807, 2.05) is 17.2 Å². The number of ether oxygens (including phenoxy) is 1. The average Bonchev–Trinajstić information content (AvgIpc) is 2.80. The van der Waals surface area contributed by atoms with Crippen LogP contribution in [-0.4, -0.2) is 31.3 Å². The minimum absolute atomic E-state index is 0.0317. The summed E-state index contributed by atoms with van der Waals surface area (Å²) in [5.74, 6) is -3.28. The normalized spacial score (nSPS) is 19.6. The first-order chi connectivity index (χ1) is 13.7. The number of nitrogens with zero attached hydrogens (tertiary/aromatic N) is 1. The maximum absolute atomic E-state index is 15.1. The number of alkyl halides is 3. The van der Waals surface area contributed by atoms with Gasteiger partial charge < -0.3 is 9.64 Å². The molecule has 0 aromatic heterocycles. The first-order valence-corrected chi connectivity index (χ1v) is 11.3. The van der Waals surface area contributed by atoms with Gasteiger partial charge in [0.1, 0.15) is 11.6 Å². The molecule has 1 aliphatic rings. The van der Waals surface area contributed by atoms with E-state index in [4.69, 9.17) is 4.74 Å². The van der Waals surface area contributed by atoms with Crippen LogP contribution in [-0.2, 0) is 0 Å². The van der Waals surface area contributed by atoms with Crippen molar-refractivity contribution in [3.63, 3.8) is 0 Å². The third kappa shape index (κ3) is 5.34. The van der Waals surface area contributed by atoms with E-state index >= 15 is 4.39 Å². The molecule has 0 spiro atoms. The third-order valence-electron chi connectivity index (χ3n) is 4.86. The predicted octanol–water partition coefficient (Wildman–Crippen LogP) is 7.15. The smallest absolute Gasteiger partial charge is 0.245 e. The highest BCUT2D eigenvalue weighted by Gasteiger charge is 2.34. The summed E-state index contributed by atoms with van der Waals surface area (Å²) >= 11 is 2.49. The highest BCUT2D eigenvalue weighted by atomic mass is 32.2. The summed E-state index contributed by atoms with van der Waals surface area (Å²) < 4.78 is 61.3. The van der Waals surface area contributed by atoms with Crippen molar-refractivity contribution in [2.75, 3.05) is 24.8 Å². The molecule has 0 N–H and O–H groups in total. The molecule has 0 aliphatic carbocycles. The van der Waals surface area contributed by atoms with Crippen LogP contribution in [0.2, 0.25) is 0 Å². The lowest BCUT2D eigenvalue weighted by Crippen LogP contribution is -2.29. The fourth-order valence-electron chi connectivity index (χ4n) is 3.34. The second-order valence-electron chi connectivity index (χ2n) is 7.10. The first kappa shape index (κ1) is 22.2. The van der Waals surface area contributed by atoms with Crippen molar-refractivity contribution in [1.82, 2.24) is 0 Å². The van der Waals surface area contributed by atoms with Crippen molar-refractivity contribution in [1.29, 1.82) is 0 Å². The van der Waals surface area contributed by atoms with Crippen LogP contribution >= 0.6 is 23.5 Å². The maximum Gasteiger partial charge on any atom is 0.245 e. The molecule has 2 atom stereocenters. The van der Waals surface area contributed by atoms with Gasteiger partial charge in [-0.1, -0.05) is 17.8 Å². The number of hydrogen-bond donors (Lipinski definition) is 0. The van der Waals surface area contributed by atoms with Gasteiger partial charge >= 0.3 is 0 Å². The van der Waals surface area contributed by atoms with E-state index < -0.39 is 29.6 Å². The van der Waals surface area contributed by atoms with Crippen molar-refractivity contribution < 1.29 is 22.3 Å². The summed E-state index contributed by atoms with van der Waals surface area (Å²) in [5, 5.41) is 0. The van der Waals surface area contributed by atoms with Crippen LogP contribution < -0.4 is 9.64 Å². The summed E-state index contributed by atoms with van der Waals surface area (Å²) in [7, 11) is 1.55. The van der Waals surface area contributed by atoms with E-state index in [1.165, 1.54) is 23.9 Å². The highest BCUT2D eigenvalue weighted by molar-refractivity contribution is 8.00. The SMILES string of the molecule is COc1cc2c(cc1SC)N(c1cccc(F)c1)CC(CCC(C)(F)F)C(F)S2. The Bertz CT molecular complexity index is 859. The van der Waals surface area contributed by atoms with Gasteiger partial charge in [-0.05, 0) is 49.9 Å². The molecule has 1 aliphatic heterocycles. The maximum atomic E-state index is 15.1. The highest BCUT2D eigenvalue weighted by Crippen LogP contribution is 2.48. The van der Waals surface area contributed by atoms with Crippen LogP contribution in [0.1, 0.15) is 19.8 Å². The molecule has 0 bridgehead atoms. The number of anilines is 2. The predicted molar refractivity (Wildman–Crippen MR) is 112 cm³/mol. The Kier molecular flexibility index (Phi) is 6.94. The molecule has 2 aromatic carbocycles. The first-order valence-electron chi connectivity index (χ1n) is 9.19. The van der Waals surface area contributed by atoms with E-state index in [9.17, 15) is 13.2 Å². The van der Waals surface area contributed by atoms with Crippen molar-refractivity contribution in [2.24, 2.45) is 5.92 Å². The Morgan fingerprint density at radius 2 is 2.03 bits per heavy atom. The number of methoxy groups -OCH3 is 1. The summed E-state index contributed by atoms with van der Waals surface area (Å²) in [6, 6.07) is 9.70. The Morgan fingerprint density at radius 3 is 2.66 bits per heavy atom. The monoisotopic (exact) mass is 445 g/mol. The van der Waals surface area contributed by atoms with Gasteiger partial charge in [0.2, 0.25) is 5.92 Å². The molecule has 1 heterocycles. The average molecular weight is 446 g/mol. The summed E-state index contributed by atoms with van der Waals surface area (Å²) in [6.45, 7) is 1.03. The largest absolute Gasteiger partial charge is 0.496 e. The Labute approximate surface area is 177 Å². The van der Waals surface area contributed by atoms with Gasteiger partial charge in [-0.3, -0.25) is 0 Å². The molecule has 158 valence electrons. The Balaban J connectivity index is 2.06. The van der Waals surface area contributed by atoms with Crippen LogP contribution in [0.3, 0.4) is 0 Å². The number of fused-ring (bicyclic) bond motifs is 1. The van der Waals surface area contributed by atoms with Gasteiger partial charge in [0.15, 0.2) is 5.50 Å². The van der Waals surface area contributed by atoms with Crippen LogP contribution in [0, 0.1) is 11.7 Å². The molecular weight excluding hydrogens is 422 g/mol. The Hall–Kier alpha value is -1.54. The topological polar surface area (TPSA) is 12.5 Å². The molecular formula is C21H23F4NOS2. The fourth-order valence-corrected chi connectivity index (χ4v) is 5.03. The molecule has 0 saturated carbocycles. The second-order valence-corrected chi connectivity index (χ2v) is 9.08. The minimum Gasteiger partial charge on any atom is -0.496 e. The van der Waals surface area contributed by atoms with Crippen LogP contribution in [0.25, 0.3) is 0 Å². The summed E-state index contributed by atoms with van der Waals surface area (Å²) in [5.41, 5.74) is -0.0786. The van der Waals surface area contributed by atoms with Crippen LogP contribution in [0.15, 0.2) is 46.2 Å². The quantitative estimate of drug-likeness (QED) is 0.346. The van der Waals surface area contributed by atoms with E-state index in [1.54, 1.807) is 25.3 Å². The van der Waals surface area contributed by atoms with Gasteiger partial charge in [0.25, 0.3) is 0 Å². The molecule has 0 amide bonds. The standard InChI is InChI=1S/C21H23F4NOS2/c1-21(24,25)8-7-13-12-26(15-6-4-5-14(22)9-15)16-10-19(28-3)17(27-2)11-18(16)29-20(13)23/h4-6,9-11,13,20H,7-8,12H2,1-3H3. The van der Waals surface area contributed by atoms with Crippen molar-refractivity contribution in [2.45, 2.75) is 41.0 Å². The number of halogens is 4. The summed E-state index contributed by atoms with van der Waals surface area (Å²) in [4.78, 5) is 3.33. The van der Waals surface area contributed by atoms with Gasteiger partial charge in [-0.2, -0.15) is 0 Å². The molecule has 2 nitrogen and oxygen atoms in total. The second kappa shape index (κ2) is 9.08. The number of benzene rings is 2. The summed E-state index contributed by atoms with van der Waals surface area (Å²) in [6.07, 6.45) is 1.54. The van der Waals surface area contributed by atoms with Gasteiger partial charge in [0.05, 0.1) is 17.7 Å². The molecule has 29 heavy (non-hydrogen) atoms. The lowest BCUT2D eigenvalue weighted by Gasteiger charge is -2.29. The Morgan fingerprint density at radius 1 is 1.28 bits per heavy atom. The lowest BCUT2D eigenvalue weighted by atomic mass is 10.0. The fraction of sp³-hybridized carbons (Fsp3) is 0.429. The van der Waals surface area contributed by atoms with E-state index in [2.05, 4.69) is 0 Å². The zero-order chi connectivity index (χ0) is 21.2. The molecule has 2 unspecified atom stereocenters. The third-order valence-corrected chi connectivity index (χ3v) is 6.81. The van der Waals surface area contributed by atoms with Crippen molar-refractivity contribution in [3.05, 3.63) is 42.2 Å². The van der Waals surface area contributed by atoms with E-state index in [0.29, 0.717) is 16.3 Å². The molecule has 0 radical (unpaired) electrons. The number of thioether (sulfide) groups is 2. The molecule has 0 fully saturated rings. The van der Waals surface area contributed by atoms with Gasteiger partial charge in [-0.25, -0.2) is 17.6 Å². The minimum atomic E-state index is -2.86. The van der Waals surface area contributed by atoms with Gasteiger partial charge in [0, 0.05) is 29.5 Å². The van der Waals surface area contributed by atoms with E-state index in [-0.39, 0.29) is 13.0 Å². The lowest BCUT2D eigenvalue weighted by molar-refractivity contribution is 0.00550. The zero-order valence-electron chi connectivity index (χ0n) is 16.4.